The monoisotopic (exact) mass is 1100 g/mol. The zero-order chi connectivity index (χ0) is 57.5. The molecule has 6 N–H and O–H groups in total. The van der Waals surface area contributed by atoms with Crippen molar-refractivity contribution in [3.05, 3.63) is 122 Å². The van der Waals surface area contributed by atoms with E-state index in [0.717, 1.165) is 103 Å². The number of hydrogen-bond acceptors (Lipinski definition) is 10. The van der Waals surface area contributed by atoms with E-state index in [2.05, 4.69) is 123 Å². The minimum Gasteiger partial charge on any atom is -0.454 e. The molecule has 1 heterocycles. The van der Waals surface area contributed by atoms with Crippen molar-refractivity contribution in [1.29, 1.82) is 0 Å². The van der Waals surface area contributed by atoms with Crippen LogP contribution in [0.5, 0.6) is 0 Å². The first-order valence-electron chi connectivity index (χ1n) is 31.3. The number of esters is 1. The second-order valence-corrected chi connectivity index (χ2v) is 21.0. The number of amides is 1. The van der Waals surface area contributed by atoms with Crippen LogP contribution in [0.25, 0.3) is 0 Å². The maximum atomic E-state index is 13.4. The Morgan fingerprint density at radius 1 is 0.506 bits per heavy atom. The Hall–Kier alpha value is -3.94. The fourth-order valence-corrected chi connectivity index (χ4v) is 8.92. The Bertz CT molecular complexity index is 1740. The minimum atomic E-state index is -1.66. The predicted molar refractivity (Wildman–Crippen MR) is 328 cm³/mol. The van der Waals surface area contributed by atoms with Gasteiger partial charge in [-0.3, -0.25) is 9.59 Å². The molecule has 8 atom stereocenters. The Morgan fingerprint density at radius 3 is 1.39 bits per heavy atom. The van der Waals surface area contributed by atoms with Gasteiger partial charge in [0.25, 0.3) is 0 Å². The average molecular weight is 1100 g/mol. The number of nitrogens with one attached hydrogen (secondary N) is 1. The third kappa shape index (κ3) is 42.6. The van der Waals surface area contributed by atoms with Crippen molar-refractivity contribution in [3.63, 3.8) is 0 Å². The highest BCUT2D eigenvalue weighted by atomic mass is 16.7. The van der Waals surface area contributed by atoms with Crippen molar-refractivity contribution in [2.45, 2.75) is 282 Å². The number of aliphatic hydroxyl groups is 5. The first kappa shape index (κ1) is 73.1. The molecule has 11 nitrogen and oxygen atoms in total. The molecule has 1 amide bonds. The van der Waals surface area contributed by atoms with Crippen molar-refractivity contribution in [2.75, 3.05) is 13.2 Å². The Balaban J connectivity index is 2.76. The first-order valence-corrected chi connectivity index (χ1v) is 31.3. The highest BCUT2D eigenvalue weighted by molar-refractivity contribution is 5.80. The average Bonchev–Trinajstić information content (AvgIpc) is 3.49. The number of hydrogen-bond donors (Lipinski definition) is 6. The van der Waals surface area contributed by atoms with Crippen molar-refractivity contribution >= 4 is 11.9 Å². The van der Waals surface area contributed by atoms with Gasteiger partial charge in [-0.1, -0.05) is 245 Å². The van der Waals surface area contributed by atoms with Crippen molar-refractivity contribution < 1.29 is 49.3 Å². The van der Waals surface area contributed by atoms with Gasteiger partial charge in [0.1, 0.15) is 24.4 Å². The van der Waals surface area contributed by atoms with Crippen LogP contribution < -0.4 is 5.32 Å². The van der Waals surface area contributed by atoms with Gasteiger partial charge in [0, 0.05) is 6.42 Å². The Kier molecular flexibility index (Phi) is 50.5. The largest absolute Gasteiger partial charge is 0.454 e. The number of unbranched alkanes of at least 4 members (excludes halogenated alkanes) is 19. The quantitative estimate of drug-likeness (QED) is 0.0195. The number of carbonyl (C=O) groups is 2. The summed E-state index contributed by atoms with van der Waals surface area (Å²) in [5.74, 6) is -1.31. The molecule has 79 heavy (non-hydrogen) atoms. The molecule has 1 aliphatic heterocycles. The SMILES string of the molecule is CC/C=C\C/C=C\C/C=C\C/C=C\C/C=C\C/C=C\CCC(=O)OC1C(OCC(NC(=O)C(O)CCCCCCC/C=C\C/C=C\C/C=C\CCCCC)C(O)/C=C/CCCCCCCCCCCCC)OC(CO)C(O)C1O. The van der Waals surface area contributed by atoms with Gasteiger partial charge in [-0.2, -0.15) is 0 Å². The molecule has 1 rings (SSSR count). The molecule has 0 aromatic carbocycles. The molecule has 0 aromatic heterocycles. The highest BCUT2D eigenvalue weighted by Crippen LogP contribution is 2.26. The van der Waals surface area contributed by atoms with Crippen molar-refractivity contribution in [3.8, 4) is 0 Å². The van der Waals surface area contributed by atoms with E-state index in [-0.39, 0.29) is 19.4 Å². The smallest absolute Gasteiger partial charge is 0.306 e. The Morgan fingerprint density at radius 2 is 0.911 bits per heavy atom. The second-order valence-electron chi connectivity index (χ2n) is 21.0. The number of rotatable bonds is 51. The van der Waals surface area contributed by atoms with E-state index < -0.39 is 67.4 Å². The molecule has 0 spiro atoms. The van der Waals surface area contributed by atoms with Crippen LogP contribution in [0.3, 0.4) is 0 Å². The van der Waals surface area contributed by atoms with Crippen LogP contribution in [-0.4, -0.2) is 99.6 Å². The molecule has 0 radical (unpaired) electrons. The molecule has 1 saturated heterocycles. The van der Waals surface area contributed by atoms with Gasteiger partial charge < -0.3 is 45.1 Å². The summed E-state index contributed by atoms with van der Waals surface area (Å²) in [7, 11) is 0. The molecule has 11 heteroatoms. The summed E-state index contributed by atoms with van der Waals surface area (Å²) in [6.45, 7) is 5.59. The standard InChI is InChI=1S/C68H113NO10/c1-4-7-10-13-16-19-22-25-27-29-31-33-35-38-41-44-47-50-53-56-63(73)79-66-65(75)64(74)62(57-70)78-68(66)77-58-59(60(71)54-51-48-45-42-39-36-24-21-18-15-12-9-6-3)69-67(76)61(72)55-52-49-46-43-40-37-34-32-30-28-26-23-20-17-14-11-8-5-2/h7,10,16-17,19-20,25-28,31-34,38,41,47,50-51,54,59-62,64-66,68,70-72,74-75H,4-6,8-9,11-15,18,21-24,29-30,35-37,39-40,42-46,48-49,52-53,55-58H2,1-3H3,(H,69,76)/b10-7-,19-16-,20-17-,27-25-,28-26-,33-31-,34-32-,41-38-,50-47-,54-51+. The van der Waals surface area contributed by atoms with E-state index >= 15 is 0 Å². The van der Waals surface area contributed by atoms with Gasteiger partial charge in [0.05, 0.1) is 25.4 Å². The number of aliphatic hydroxyl groups excluding tert-OH is 5. The van der Waals surface area contributed by atoms with Crippen LogP contribution in [0, 0.1) is 0 Å². The zero-order valence-corrected chi connectivity index (χ0v) is 49.7. The molecular formula is C68H113NO10. The van der Waals surface area contributed by atoms with Gasteiger partial charge in [-0.15, -0.1) is 0 Å². The van der Waals surface area contributed by atoms with Crippen LogP contribution in [-0.2, 0) is 23.8 Å². The third-order valence-corrected chi connectivity index (χ3v) is 13.9. The van der Waals surface area contributed by atoms with E-state index in [4.69, 9.17) is 14.2 Å². The minimum absolute atomic E-state index is 0.00981. The molecule has 0 saturated carbocycles. The molecule has 8 unspecified atom stereocenters. The molecule has 450 valence electrons. The maximum absolute atomic E-state index is 13.4. The lowest BCUT2D eigenvalue weighted by Crippen LogP contribution is -2.61. The Labute approximate surface area is 480 Å². The number of allylic oxidation sites excluding steroid dienone is 19. The lowest BCUT2D eigenvalue weighted by molar-refractivity contribution is -0.305. The molecular weight excluding hydrogens is 991 g/mol. The summed E-state index contributed by atoms with van der Waals surface area (Å²) in [6.07, 6.45) is 65.2. The first-order chi connectivity index (χ1) is 38.7. The van der Waals surface area contributed by atoms with E-state index in [1.807, 2.05) is 18.2 Å². The van der Waals surface area contributed by atoms with Crippen LogP contribution >= 0.6 is 0 Å². The summed E-state index contributed by atoms with van der Waals surface area (Å²) in [4.78, 5) is 26.5. The third-order valence-electron chi connectivity index (χ3n) is 13.9. The number of ether oxygens (including phenoxy) is 3. The molecule has 0 bridgehead atoms. The summed E-state index contributed by atoms with van der Waals surface area (Å²) in [5.41, 5.74) is 0. The normalized spacial score (nSPS) is 19.7. The van der Waals surface area contributed by atoms with E-state index in [0.29, 0.717) is 19.3 Å². The van der Waals surface area contributed by atoms with Gasteiger partial charge >= 0.3 is 5.97 Å². The van der Waals surface area contributed by atoms with Crippen molar-refractivity contribution in [2.24, 2.45) is 0 Å². The summed E-state index contributed by atoms with van der Waals surface area (Å²) < 4.78 is 17.5. The van der Waals surface area contributed by atoms with Crippen LogP contribution in [0.4, 0.5) is 0 Å². The van der Waals surface area contributed by atoms with Gasteiger partial charge in [0.2, 0.25) is 5.91 Å². The molecule has 0 aromatic rings. The second kappa shape index (κ2) is 54.6. The topological polar surface area (TPSA) is 175 Å². The van der Waals surface area contributed by atoms with Crippen LogP contribution in [0.1, 0.15) is 233 Å². The van der Waals surface area contributed by atoms with Crippen molar-refractivity contribution in [1.82, 2.24) is 5.32 Å². The number of carbonyl (C=O) groups excluding carboxylic acids is 2. The summed E-state index contributed by atoms with van der Waals surface area (Å²) in [6, 6.07) is -1.05. The van der Waals surface area contributed by atoms with E-state index in [9.17, 15) is 35.1 Å². The zero-order valence-electron chi connectivity index (χ0n) is 49.7. The molecule has 1 aliphatic rings. The predicted octanol–water partition coefficient (Wildman–Crippen LogP) is 15.1. The van der Waals surface area contributed by atoms with Gasteiger partial charge in [-0.25, -0.2) is 0 Å². The van der Waals surface area contributed by atoms with Gasteiger partial charge in [0.15, 0.2) is 12.4 Å². The lowest BCUT2D eigenvalue weighted by Gasteiger charge is -2.41. The van der Waals surface area contributed by atoms with E-state index in [1.165, 1.54) is 77.0 Å². The molecule has 0 aliphatic carbocycles. The lowest BCUT2D eigenvalue weighted by atomic mass is 9.99. The van der Waals surface area contributed by atoms with Crippen LogP contribution in [0.2, 0.25) is 0 Å². The maximum Gasteiger partial charge on any atom is 0.306 e. The van der Waals surface area contributed by atoms with Crippen LogP contribution in [0.15, 0.2) is 122 Å². The fourth-order valence-electron chi connectivity index (χ4n) is 8.92. The summed E-state index contributed by atoms with van der Waals surface area (Å²) >= 11 is 0. The van der Waals surface area contributed by atoms with E-state index in [1.54, 1.807) is 6.08 Å². The highest BCUT2D eigenvalue weighted by Gasteiger charge is 2.47. The fraction of sp³-hybridized carbons (Fsp3) is 0.676. The summed E-state index contributed by atoms with van der Waals surface area (Å²) in [5, 5.41) is 57.0. The molecule has 1 fully saturated rings. The van der Waals surface area contributed by atoms with Gasteiger partial charge in [-0.05, 0) is 103 Å².